The number of hydrogen-bond acceptors (Lipinski definition) is 4. The molecule has 0 saturated heterocycles. The molecule has 156 valence electrons. The second-order valence-electron chi connectivity index (χ2n) is 7.78. The minimum absolute atomic E-state index is 0.0169. The van der Waals surface area contributed by atoms with Crippen molar-refractivity contribution in [2.75, 3.05) is 6.54 Å². The highest BCUT2D eigenvalue weighted by Gasteiger charge is 2.35. The fourth-order valence-electron chi connectivity index (χ4n) is 2.70. The van der Waals surface area contributed by atoms with E-state index in [0.717, 1.165) is 5.56 Å². The zero-order valence-corrected chi connectivity index (χ0v) is 16.9. The lowest BCUT2D eigenvalue weighted by Crippen LogP contribution is -2.58. The summed E-state index contributed by atoms with van der Waals surface area (Å²) in [5.41, 5.74) is 0.230. The number of nitrogens with one attached hydrogen (secondary N) is 3. The first-order valence-corrected chi connectivity index (χ1v) is 9.33. The second-order valence-corrected chi connectivity index (χ2v) is 7.78. The number of carbonyl (C=O) groups is 3. The van der Waals surface area contributed by atoms with Gasteiger partial charge in [0.25, 0.3) is 0 Å². The van der Waals surface area contributed by atoms with Gasteiger partial charge in [0.2, 0.25) is 11.8 Å². The number of aliphatic hydroxyl groups excluding tert-OH is 1. The molecule has 0 unspecified atom stereocenters. The lowest BCUT2D eigenvalue weighted by Gasteiger charge is -2.32. The molecule has 0 radical (unpaired) electrons. The van der Waals surface area contributed by atoms with Crippen LogP contribution in [0.15, 0.2) is 30.3 Å². The van der Waals surface area contributed by atoms with Crippen molar-refractivity contribution in [1.82, 2.24) is 16.0 Å². The molecule has 0 spiro atoms. The lowest BCUT2D eigenvalue weighted by molar-refractivity contribution is -0.127. The van der Waals surface area contributed by atoms with Crippen LogP contribution in [0, 0.1) is 5.41 Å². The lowest BCUT2D eigenvalue weighted by atomic mass is 9.85. The van der Waals surface area contributed by atoms with Gasteiger partial charge in [-0.15, -0.1) is 0 Å². The normalized spacial score (nSPS) is 14.5. The van der Waals surface area contributed by atoms with E-state index in [9.17, 15) is 19.5 Å². The van der Waals surface area contributed by atoms with E-state index in [4.69, 9.17) is 5.11 Å². The summed E-state index contributed by atoms with van der Waals surface area (Å²) in [6.45, 7) is 6.93. The Bertz CT molecular complexity index is 658. The van der Waals surface area contributed by atoms with Gasteiger partial charge < -0.3 is 26.2 Å². The van der Waals surface area contributed by atoms with E-state index in [1.165, 1.54) is 0 Å². The molecule has 0 bridgehead atoms. The Balaban J connectivity index is 2.97. The van der Waals surface area contributed by atoms with Crippen molar-refractivity contribution in [2.45, 2.75) is 58.7 Å². The van der Waals surface area contributed by atoms with Crippen molar-refractivity contribution in [1.29, 1.82) is 0 Å². The molecule has 0 aliphatic carbocycles. The van der Waals surface area contributed by atoms with E-state index >= 15 is 0 Å². The number of rotatable bonds is 9. The highest BCUT2D eigenvalue weighted by molar-refractivity contribution is 5.86. The molecule has 8 nitrogen and oxygen atoms in total. The number of aliphatic hydroxyl groups is 1. The summed E-state index contributed by atoms with van der Waals surface area (Å²) in [5.74, 6) is -0.736. The maximum Gasteiger partial charge on any atom is 0.405 e. The molecule has 0 saturated carbocycles. The van der Waals surface area contributed by atoms with Gasteiger partial charge in [-0.25, -0.2) is 4.79 Å². The predicted molar refractivity (Wildman–Crippen MR) is 106 cm³/mol. The molecule has 0 aromatic heterocycles. The zero-order valence-electron chi connectivity index (χ0n) is 16.9. The standard InChI is InChI=1S/C20H31N3O5/c1-5-16(25)21-12-15(24)14(11-13-9-7-6-8-10-13)22-18(26)17(20(2,3)4)23-19(27)28/h6-10,14-15,17,23-24H,5,11-12H2,1-4H3,(H,21,25)(H,22,26)(H,27,28)/t14-,15-,17+/m0/s1. The van der Waals surface area contributed by atoms with Crippen molar-refractivity contribution in [2.24, 2.45) is 5.41 Å². The average Bonchev–Trinajstić information content (AvgIpc) is 2.63. The molecule has 5 N–H and O–H groups in total. The molecule has 1 aromatic rings. The van der Waals surface area contributed by atoms with Crippen LogP contribution in [0.4, 0.5) is 4.79 Å². The third kappa shape index (κ3) is 7.96. The molecule has 0 aliphatic heterocycles. The molecule has 28 heavy (non-hydrogen) atoms. The van der Waals surface area contributed by atoms with Gasteiger partial charge >= 0.3 is 6.09 Å². The predicted octanol–water partition coefficient (Wildman–Crippen LogP) is 1.28. The van der Waals surface area contributed by atoms with Gasteiger partial charge in [-0.1, -0.05) is 58.0 Å². The van der Waals surface area contributed by atoms with E-state index in [2.05, 4.69) is 16.0 Å². The van der Waals surface area contributed by atoms with Gasteiger partial charge in [0.05, 0.1) is 12.1 Å². The molecule has 0 fully saturated rings. The maximum absolute atomic E-state index is 12.8. The SMILES string of the molecule is CCC(=O)NC[C@H](O)[C@H](Cc1ccccc1)NC(=O)[C@@H](NC(=O)O)C(C)(C)C. The third-order valence-electron chi connectivity index (χ3n) is 4.32. The molecule has 1 aromatic carbocycles. The number of benzene rings is 1. The number of amides is 3. The van der Waals surface area contributed by atoms with E-state index in [-0.39, 0.29) is 18.9 Å². The zero-order chi connectivity index (χ0) is 21.3. The minimum atomic E-state index is -1.30. The molecule has 1 rings (SSSR count). The van der Waals surface area contributed by atoms with E-state index in [0.29, 0.717) is 6.42 Å². The van der Waals surface area contributed by atoms with Gasteiger partial charge in [-0.2, -0.15) is 0 Å². The third-order valence-corrected chi connectivity index (χ3v) is 4.32. The quantitative estimate of drug-likeness (QED) is 0.432. The monoisotopic (exact) mass is 393 g/mol. The summed E-state index contributed by atoms with van der Waals surface area (Å²) in [4.78, 5) is 35.4. The molecule has 0 heterocycles. The first-order valence-electron chi connectivity index (χ1n) is 9.33. The molecule has 8 heteroatoms. The second kappa shape index (κ2) is 10.7. The molecular formula is C20H31N3O5. The van der Waals surface area contributed by atoms with E-state index in [1.807, 2.05) is 30.3 Å². The fourth-order valence-corrected chi connectivity index (χ4v) is 2.70. The summed E-state index contributed by atoms with van der Waals surface area (Å²) in [7, 11) is 0. The van der Waals surface area contributed by atoms with Gasteiger partial charge in [0.15, 0.2) is 0 Å². The largest absolute Gasteiger partial charge is 0.465 e. The first kappa shape index (κ1) is 23.4. The van der Waals surface area contributed by atoms with Gasteiger partial charge in [0, 0.05) is 13.0 Å². The minimum Gasteiger partial charge on any atom is -0.465 e. The average molecular weight is 393 g/mol. The van der Waals surface area contributed by atoms with Gasteiger partial charge in [-0.05, 0) is 17.4 Å². The summed E-state index contributed by atoms with van der Waals surface area (Å²) < 4.78 is 0. The highest BCUT2D eigenvalue weighted by atomic mass is 16.4. The smallest absolute Gasteiger partial charge is 0.405 e. The molecule has 3 amide bonds. The maximum atomic E-state index is 12.8. The van der Waals surface area contributed by atoms with Crippen LogP contribution in [0.2, 0.25) is 0 Å². The molecular weight excluding hydrogens is 362 g/mol. The Hall–Kier alpha value is -2.61. The topological polar surface area (TPSA) is 128 Å². The summed E-state index contributed by atoms with van der Waals surface area (Å²) >= 11 is 0. The van der Waals surface area contributed by atoms with Crippen molar-refractivity contribution in [3.8, 4) is 0 Å². The van der Waals surface area contributed by atoms with Crippen LogP contribution < -0.4 is 16.0 Å². The first-order chi connectivity index (χ1) is 13.0. The Morgan fingerprint density at radius 3 is 2.18 bits per heavy atom. The Kier molecular flexibility index (Phi) is 8.91. The van der Waals surface area contributed by atoms with E-state index < -0.39 is 35.6 Å². The Morgan fingerprint density at radius 2 is 1.68 bits per heavy atom. The van der Waals surface area contributed by atoms with Crippen molar-refractivity contribution in [3.05, 3.63) is 35.9 Å². The van der Waals surface area contributed by atoms with Crippen LogP contribution in [0.3, 0.4) is 0 Å². The number of hydrogen-bond donors (Lipinski definition) is 5. The summed E-state index contributed by atoms with van der Waals surface area (Å²) in [5, 5.41) is 27.2. The van der Waals surface area contributed by atoms with Crippen molar-refractivity contribution in [3.63, 3.8) is 0 Å². The highest BCUT2D eigenvalue weighted by Crippen LogP contribution is 2.20. The van der Waals surface area contributed by atoms with Gasteiger partial charge in [0.1, 0.15) is 6.04 Å². The van der Waals surface area contributed by atoms with Crippen molar-refractivity contribution >= 4 is 17.9 Å². The van der Waals surface area contributed by atoms with Crippen LogP contribution in [-0.4, -0.2) is 52.9 Å². The summed E-state index contributed by atoms with van der Waals surface area (Å²) in [6.07, 6.45) is -1.72. The summed E-state index contributed by atoms with van der Waals surface area (Å²) in [6, 6.07) is 7.60. The molecule has 3 atom stereocenters. The van der Waals surface area contributed by atoms with Crippen LogP contribution in [-0.2, 0) is 16.0 Å². The number of carbonyl (C=O) groups excluding carboxylic acids is 2. The van der Waals surface area contributed by atoms with Crippen molar-refractivity contribution < 1.29 is 24.6 Å². The van der Waals surface area contributed by atoms with Crippen LogP contribution in [0.5, 0.6) is 0 Å². The molecule has 0 aliphatic rings. The van der Waals surface area contributed by atoms with Crippen LogP contribution >= 0.6 is 0 Å². The fraction of sp³-hybridized carbons (Fsp3) is 0.550. The van der Waals surface area contributed by atoms with E-state index in [1.54, 1.807) is 27.7 Å². The Labute approximate surface area is 165 Å². The van der Waals surface area contributed by atoms with Crippen LogP contribution in [0.1, 0.15) is 39.7 Å². The van der Waals surface area contributed by atoms with Crippen LogP contribution in [0.25, 0.3) is 0 Å². The van der Waals surface area contributed by atoms with Gasteiger partial charge in [-0.3, -0.25) is 9.59 Å². The Morgan fingerprint density at radius 1 is 1.07 bits per heavy atom. The number of carboxylic acid groups (broad SMARTS) is 1.